The lowest BCUT2D eigenvalue weighted by molar-refractivity contribution is 0.474. The van der Waals surface area contributed by atoms with Crippen molar-refractivity contribution in [1.29, 1.82) is 0 Å². The summed E-state index contributed by atoms with van der Waals surface area (Å²) in [5.74, 6) is 0.106. The van der Waals surface area contributed by atoms with Crippen molar-refractivity contribution < 1.29 is 5.11 Å². The van der Waals surface area contributed by atoms with Crippen molar-refractivity contribution in [3.05, 3.63) is 46.1 Å². The highest BCUT2D eigenvalue weighted by Gasteiger charge is 2.10. The maximum Gasteiger partial charge on any atom is 0.141 e. The van der Waals surface area contributed by atoms with E-state index in [2.05, 4.69) is 4.98 Å². The molecule has 0 aliphatic rings. The van der Waals surface area contributed by atoms with Gasteiger partial charge in [0.25, 0.3) is 0 Å². The summed E-state index contributed by atoms with van der Waals surface area (Å²) < 4.78 is 0. The zero-order valence-electron chi connectivity index (χ0n) is 8.54. The third-order valence-corrected chi connectivity index (χ3v) is 2.75. The van der Waals surface area contributed by atoms with Gasteiger partial charge >= 0.3 is 0 Å². The second-order valence-electron chi connectivity index (χ2n) is 3.44. The number of rotatable bonds is 1. The largest absolute Gasteiger partial charge is 0.506 e. The Balaban J connectivity index is 2.62. The minimum atomic E-state index is 0.106. The van der Waals surface area contributed by atoms with Crippen LogP contribution in [0.25, 0.3) is 11.3 Å². The Hall–Kier alpha value is -1.25. The second-order valence-corrected chi connectivity index (χ2v) is 4.29. The lowest BCUT2D eigenvalue weighted by atomic mass is 10.1. The van der Waals surface area contributed by atoms with Gasteiger partial charge in [-0.05, 0) is 37.3 Å². The topological polar surface area (TPSA) is 33.1 Å². The molecule has 0 saturated carbocycles. The molecule has 2 aromatic rings. The average Bonchev–Trinajstić information content (AvgIpc) is 2.22. The molecule has 0 bridgehead atoms. The van der Waals surface area contributed by atoms with Crippen LogP contribution in [0.2, 0.25) is 10.0 Å². The summed E-state index contributed by atoms with van der Waals surface area (Å²) in [5.41, 5.74) is 1.97. The van der Waals surface area contributed by atoms with E-state index in [9.17, 15) is 5.11 Å². The fourth-order valence-corrected chi connectivity index (χ4v) is 1.93. The number of aromatic nitrogens is 1. The lowest BCUT2D eigenvalue weighted by Crippen LogP contribution is -1.88. The van der Waals surface area contributed by atoms with Crippen molar-refractivity contribution in [2.45, 2.75) is 6.92 Å². The van der Waals surface area contributed by atoms with Crippen LogP contribution >= 0.6 is 23.2 Å². The Morgan fingerprint density at radius 1 is 1.12 bits per heavy atom. The molecule has 4 heteroatoms. The zero-order chi connectivity index (χ0) is 11.7. The molecule has 0 unspecified atom stereocenters. The fraction of sp³-hybridized carbons (Fsp3) is 0.0833. The van der Waals surface area contributed by atoms with Crippen LogP contribution in [0.4, 0.5) is 0 Å². The van der Waals surface area contributed by atoms with E-state index in [1.807, 2.05) is 6.92 Å². The second kappa shape index (κ2) is 4.32. The number of halogens is 2. The van der Waals surface area contributed by atoms with Gasteiger partial charge in [0.15, 0.2) is 0 Å². The van der Waals surface area contributed by atoms with Gasteiger partial charge in [-0.25, -0.2) is 4.98 Å². The van der Waals surface area contributed by atoms with Gasteiger partial charge in [0, 0.05) is 16.3 Å². The molecular weight excluding hydrogens is 245 g/mol. The van der Waals surface area contributed by atoms with Gasteiger partial charge < -0.3 is 5.11 Å². The van der Waals surface area contributed by atoms with Gasteiger partial charge in [0.05, 0.1) is 5.02 Å². The van der Waals surface area contributed by atoms with Gasteiger partial charge in [-0.15, -0.1) is 0 Å². The SMILES string of the molecule is Cc1ccc(O)c(-c2ccc(Cl)cc2Cl)n1. The van der Waals surface area contributed by atoms with Crippen molar-refractivity contribution in [3.63, 3.8) is 0 Å². The van der Waals surface area contributed by atoms with E-state index in [0.29, 0.717) is 21.3 Å². The van der Waals surface area contributed by atoms with Crippen molar-refractivity contribution in [3.8, 4) is 17.0 Å². The van der Waals surface area contributed by atoms with Crippen molar-refractivity contribution in [1.82, 2.24) is 4.98 Å². The molecule has 0 aliphatic carbocycles. The third-order valence-electron chi connectivity index (χ3n) is 2.20. The monoisotopic (exact) mass is 253 g/mol. The molecule has 16 heavy (non-hydrogen) atoms. The molecule has 0 aliphatic heterocycles. The Morgan fingerprint density at radius 2 is 1.88 bits per heavy atom. The third kappa shape index (κ3) is 2.13. The number of pyridine rings is 1. The van der Waals surface area contributed by atoms with E-state index in [-0.39, 0.29) is 5.75 Å². The molecule has 0 atom stereocenters. The number of hydrogen-bond donors (Lipinski definition) is 1. The molecule has 0 amide bonds. The minimum absolute atomic E-state index is 0.106. The Bertz CT molecular complexity index is 541. The first-order chi connectivity index (χ1) is 7.58. The highest BCUT2D eigenvalue weighted by molar-refractivity contribution is 6.36. The highest BCUT2D eigenvalue weighted by atomic mass is 35.5. The van der Waals surface area contributed by atoms with E-state index >= 15 is 0 Å². The lowest BCUT2D eigenvalue weighted by Gasteiger charge is -2.07. The molecule has 1 aromatic heterocycles. The summed E-state index contributed by atoms with van der Waals surface area (Å²) in [7, 11) is 0. The van der Waals surface area contributed by atoms with Crippen LogP contribution in [0.1, 0.15) is 5.69 Å². The summed E-state index contributed by atoms with van der Waals surface area (Å²) in [6, 6.07) is 8.42. The van der Waals surface area contributed by atoms with Crippen LogP contribution < -0.4 is 0 Å². The molecule has 1 heterocycles. The predicted octanol–water partition coefficient (Wildman–Crippen LogP) is 4.07. The van der Waals surface area contributed by atoms with E-state index in [4.69, 9.17) is 23.2 Å². The van der Waals surface area contributed by atoms with Gasteiger partial charge in [0.2, 0.25) is 0 Å². The standard InChI is InChI=1S/C12H9Cl2NO/c1-7-2-5-11(16)12(15-7)9-4-3-8(13)6-10(9)14/h2-6,16H,1H3. The molecule has 2 rings (SSSR count). The quantitative estimate of drug-likeness (QED) is 0.832. The molecule has 0 spiro atoms. The molecule has 82 valence electrons. The molecule has 1 aromatic carbocycles. The van der Waals surface area contributed by atoms with Crippen LogP contribution in [0.15, 0.2) is 30.3 Å². The van der Waals surface area contributed by atoms with E-state index in [1.165, 1.54) is 0 Å². The van der Waals surface area contributed by atoms with Crippen LogP contribution in [0.3, 0.4) is 0 Å². The molecule has 2 nitrogen and oxygen atoms in total. The Kier molecular flexibility index (Phi) is 3.03. The molecule has 0 saturated heterocycles. The predicted molar refractivity (Wildman–Crippen MR) is 66.1 cm³/mol. The Morgan fingerprint density at radius 3 is 2.56 bits per heavy atom. The summed E-state index contributed by atoms with van der Waals surface area (Å²) in [5, 5.41) is 10.8. The summed E-state index contributed by atoms with van der Waals surface area (Å²) in [4.78, 5) is 4.26. The van der Waals surface area contributed by atoms with Crippen LogP contribution in [-0.4, -0.2) is 10.1 Å². The smallest absolute Gasteiger partial charge is 0.141 e. The first-order valence-electron chi connectivity index (χ1n) is 4.70. The summed E-state index contributed by atoms with van der Waals surface area (Å²) in [6.45, 7) is 1.85. The molecule has 0 fully saturated rings. The fourth-order valence-electron chi connectivity index (χ4n) is 1.43. The van der Waals surface area contributed by atoms with E-state index in [0.717, 1.165) is 5.69 Å². The van der Waals surface area contributed by atoms with E-state index < -0.39 is 0 Å². The number of benzene rings is 1. The molecule has 1 N–H and O–H groups in total. The average molecular weight is 254 g/mol. The summed E-state index contributed by atoms with van der Waals surface area (Å²) >= 11 is 11.9. The first-order valence-corrected chi connectivity index (χ1v) is 5.45. The minimum Gasteiger partial charge on any atom is -0.506 e. The van der Waals surface area contributed by atoms with Gasteiger partial charge in [-0.2, -0.15) is 0 Å². The maximum absolute atomic E-state index is 9.73. The van der Waals surface area contributed by atoms with Crippen molar-refractivity contribution in [2.24, 2.45) is 0 Å². The summed E-state index contributed by atoms with van der Waals surface area (Å²) in [6.07, 6.45) is 0. The first kappa shape index (κ1) is 11.2. The van der Waals surface area contributed by atoms with E-state index in [1.54, 1.807) is 30.3 Å². The highest BCUT2D eigenvalue weighted by Crippen LogP contribution is 2.34. The molecular formula is C12H9Cl2NO. The normalized spacial score (nSPS) is 10.4. The molecule has 0 radical (unpaired) electrons. The van der Waals surface area contributed by atoms with Crippen molar-refractivity contribution in [2.75, 3.05) is 0 Å². The van der Waals surface area contributed by atoms with Crippen LogP contribution in [0, 0.1) is 6.92 Å². The number of nitrogens with zero attached hydrogens (tertiary/aromatic N) is 1. The van der Waals surface area contributed by atoms with Gasteiger partial charge in [0.1, 0.15) is 11.4 Å². The van der Waals surface area contributed by atoms with Gasteiger partial charge in [-0.1, -0.05) is 23.2 Å². The van der Waals surface area contributed by atoms with Crippen LogP contribution in [-0.2, 0) is 0 Å². The van der Waals surface area contributed by atoms with Crippen molar-refractivity contribution >= 4 is 23.2 Å². The Labute approximate surface area is 103 Å². The number of hydrogen-bond acceptors (Lipinski definition) is 2. The maximum atomic E-state index is 9.73. The number of aromatic hydroxyl groups is 1. The van der Waals surface area contributed by atoms with Gasteiger partial charge in [-0.3, -0.25) is 0 Å². The zero-order valence-corrected chi connectivity index (χ0v) is 10.0. The number of aryl methyl sites for hydroxylation is 1. The van der Waals surface area contributed by atoms with Crippen LogP contribution in [0.5, 0.6) is 5.75 Å².